The molecule has 2 aromatic rings. The second-order valence-corrected chi connectivity index (χ2v) is 5.69. The molecule has 1 atom stereocenters. The number of hydrogen-bond donors (Lipinski definition) is 1. The normalized spacial score (nSPS) is 20.0. The number of imidazole rings is 1. The first-order valence-electron chi connectivity index (χ1n) is 5.58. The molecule has 1 aliphatic heterocycles. The van der Waals surface area contributed by atoms with Crippen LogP contribution in [0.15, 0.2) is 16.7 Å². The number of hydrogen-bond acceptors (Lipinski definition) is 3. The molecule has 0 aromatic carbocycles. The summed E-state index contributed by atoms with van der Waals surface area (Å²) < 4.78 is 3.25. The average Bonchev–Trinajstić information content (AvgIpc) is 2.80. The van der Waals surface area contributed by atoms with Crippen molar-refractivity contribution < 1.29 is 4.79 Å². The van der Waals surface area contributed by atoms with Crippen LogP contribution in [0.2, 0.25) is 0 Å². The quantitative estimate of drug-likeness (QED) is 0.818. The molecule has 2 aromatic heterocycles. The van der Waals surface area contributed by atoms with Crippen LogP contribution in [0, 0.1) is 4.77 Å². The van der Waals surface area contributed by atoms with Crippen molar-refractivity contribution in [2.75, 3.05) is 13.6 Å². The average molecular weight is 327 g/mol. The molecule has 5 nitrogen and oxygen atoms in total. The standard InChI is InChI=1S/C11H11BrN4OS/c1-15-3-2-8(10(15)17)16-9-7(14-11(16)18)4-6(12)5-13-9/h4-5,8H,2-3H2,1H3,(H,14,18). The van der Waals surface area contributed by atoms with Crippen LogP contribution in [0.1, 0.15) is 12.5 Å². The van der Waals surface area contributed by atoms with Crippen molar-refractivity contribution >= 4 is 45.2 Å². The molecule has 0 bridgehead atoms. The van der Waals surface area contributed by atoms with Gasteiger partial charge in [0.25, 0.3) is 0 Å². The fourth-order valence-corrected chi connectivity index (χ4v) is 2.98. The molecule has 1 saturated heterocycles. The monoisotopic (exact) mass is 326 g/mol. The van der Waals surface area contributed by atoms with E-state index in [-0.39, 0.29) is 11.9 Å². The Labute approximate surface area is 117 Å². The smallest absolute Gasteiger partial charge is 0.245 e. The zero-order valence-electron chi connectivity index (χ0n) is 9.68. The van der Waals surface area contributed by atoms with Crippen LogP contribution in [0.5, 0.6) is 0 Å². The maximum Gasteiger partial charge on any atom is 0.245 e. The number of aromatic amines is 1. The van der Waals surface area contributed by atoms with Gasteiger partial charge in [-0.1, -0.05) is 0 Å². The number of halogens is 1. The van der Waals surface area contributed by atoms with E-state index < -0.39 is 0 Å². The number of likely N-dealkylation sites (tertiary alicyclic amines) is 1. The van der Waals surface area contributed by atoms with Gasteiger partial charge in [-0.15, -0.1) is 0 Å². The van der Waals surface area contributed by atoms with Crippen LogP contribution in [-0.4, -0.2) is 38.9 Å². The second-order valence-electron chi connectivity index (χ2n) is 4.39. The first kappa shape index (κ1) is 11.9. The predicted octanol–water partition coefficient (Wildman–Crippen LogP) is 2.26. The number of nitrogens with one attached hydrogen (secondary N) is 1. The van der Waals surface area contributed by atoms with Crippen LogP contribution >= 0.6 is 28.1 Å². The van der Waals surface area contributed by atoms with Gasteiger partial charge in [0.15, 0.2) is 10.4 Å². The lowest BCUT2D eigenvalue weighted by Crippen LogP contribution is -2.24. The van der Waals surface area contributed by atoms with Gasteiger partial charge in [0.05, 0.1) is 5.52 Å². The summed E-state index contributed by atoms with van der Waals surface area (Å²) in [5, 5.41) is 0. The molecule has 94 valence electrons. The number of rotatable bonds is 1. The number of nitrogens with zero attached hydrogens (tertiary/aromatic N) is 3. The van der Waals surface area contributed by atoms with Gasteiger partial charge < -0.3 is 9.88 Å². The van der Waals surface area contributed by atoms with Crippen LogP contribution in [0.25, 0.3) is 11.2 Å². The molecule has 3 rings (SSSR count). The van der Waals surface area contributed by atoms with E-state index in [1.165, 1.54) is 0 Å². The van der Waals surface area contributed by atoms with Crippen molar-refractivity contribution in [2.45, 2.75) is 12.5 Å². The third-order valence-electron chi connectivity index (χ3n) is 3.23. The molecular weight excluding hydrogens is 316 g/mol. The predicted molar refractivity (Wildman–Crippen MR) is 73.9 cm³/mol. The van der Waals surface area contributed by atoms with Gasteiger partial charge in [0.1, 0.15) is 6.04 Å². The molecule has 1 unspecified atom stereocenters. The Bertz CT molecular complexity index is 692. The van der Waals surface area contributed by atoms with E-state index in [1.54, 1.807) is 11.1 Å². The molecule has 1 amide bonds. The zero-order chi connectivity index (χ0) is 12.9. The minimum Gasteiger partial charge on any atom is -0.344 e. The van der Waals surface area contributed by atoms with Crippen LogP contribution in [-0.2, 0) is 4.79 Å². The fourth-order valence-electron chi connectivity index (χ4n) is 2.32. The van der Waals surface area contributed by atoms with Crippen LogP contribution in [0.4, 0.5) is 0 Å². The summed E-state index contributed by atoms with van der Waals surface area (Å²) in [5.41, 5.74) is 1.58. The third-order valence-corrected chi connectivity index (χ3v) is 3.97. The van der Waals surface area contributed by atoms with Crippen molar-refractivity contribution in [1.29, 1.82) is 0 Å². The summed E-state index contributed by atoms with van der Waals surface area (Å²) >= 11 is 8.68. The van der Waals surface area contributed by atoms with Crippen molar-refractivity contribution in [3.63, 3.8) is 0 Å². The first-order valence-corrected chi connectivity index (χ1v) is 6.79. The molecule has 7 heteroatoms. The number of fused-ring (bicyclic) bond motifs is 1. The molecule has 1 N–H and O–H groups in total. The number of likely N-dealkylation sites (N-methyl/N-ethyl adjacent to an activating group) is 1. The molecule has 0 aliphatic carbocycles. The highest BCUT2D eigenvalue weighted by atomic mass is 79.9. The SMILES string of the molecule is CN1CCC(n2c(=S)[nH]c3cc(Br)cnc32)C1=O. The van der Waals surface area contributed by atoms with E-state index >= 15 is 0 Å². The maximum absolute atomic E-state index is 12.1. The van der Waals surface area contributed by atoms with E-state index in [2.05, 4.69) is 25.9 Å². The molecule has 1 fully saturated rings. The van der Waals surface area contributed by atoms with Crippen molar-refractivity contribution in [3.05, 3.63) is 21.5 Å². The summed E-state index contributed by atoms with van der Waals surface area (Å²) in [6, 6.07) is 1.68. The van der Waals surface area contributed by atoms with Gasteiger partial charge in [0, 0.05) is 24.3 Å². The Morgan fingerprint density at radius 3 is 3.06 bits per heavy atom. The Hall–Kier alpha value is -1.21. The molecule has 1 aliphatic rings. The Morgan fingerprint density at radius 1 is 1.61 bits per heavy atom. The van der Waals surface area contributed by atoms with Gasteiger partial charge in [0.2, 0.25) is 5.91 Å². The van der Waals surface area contributed by atoms with E-state index in [4.69, 9.17) is 12.2 Å². The second kappa shape index (κ2) is 4.17. The molecule has 0 saturated carbocycles. The Kier molecular flexibility index (Phi) is 2.74. The summed E-state index contributed by atoms with van der Waals surface area (Å²) in [7, 11) is 1.81. The zero-order valence-corrected chi connectivity index (χ0v) is 12.1. The molecule has 18 heavy (non-hydrogen) atoms. The van der Waals surface area contributed by atoms with Crippen LogP contribution < -0.4 is 0 Å². The Morgan fingerprint density at radius 2 is 2.39 bits per heavy atom. The van der Waals surface area contributed by atoms with Gasteiger partial charge in [-0.2, -0.15) is 0 Å². The minimum absolute atomic E-state index is 0.0942. The fraction of sp³-hybridized carbons (Fsp3) is 0.364. The third kappa shape index (κ3) is 1.69. The number of pyridine rings is 1. The number of amides is 1. The summed E-state index contributed by atoms with van der Waals surface area (Å²) in [4.78, 5) is 21.2. The summed E-state index contributed by atoms with van der Waals surface area (Å²) in [6.45, 7) is 0.758. The molecular formula is C11H11BrN4OS. The number of carbonyl (C=O) groups excluding carboxylic acids is 1. The lowest BCUT2D eigenvalue weighted by Gasteiger charge is -2.12. The number of aromatic nitrogens is 3. The molecule has 0 spiro atoms. The number of H-pyrrole nitrogens is 1. The van der Waals surface area contributed by atoms with E-state index in [0.717, 1.165) is 28.6 Å². The largest absolute Gasteiger partial charge is 0.344 e. The van der Waals surface area contributed by atoms with Gasteiger partial charge in [-0.05, 0) is 40.6 Å². The van der Waals surface area contributed by atoms with E-state index in [9.17, 15) is 4.79 Å². The maximum atomic E-state index is 12.1. The van der Waals surface area contributed by atoms with Gasteiger partial charge in [-0.25, -0.2) is 4.98 Å². The van der Waals surface area contributed by atoms with Gasteiger partial charge in [-0.3, -0.25) is 9.36 Å². The minimum atomic E-state index is -0.232. The van der Waals surface area contributed by atoms with Crippen molar-refractivity contribution in [1.82, 2.24) is 19.4 Å². The lowest BCUT2D eigenvalue weighted by molar-refractivity contribution is -0.129. The highest BCUT2D eigenvalue weighted by Crippen LogP contribution is 2.27. The summed E-state index contributed by atoms with van der Waals surface area (Å²) in [6.07, 6.45) is 2.49. The number of carbonyl (C=O) groups is 1. The topological polar surface area (TPSA) is 53.9 Å². The van der Waals surface area contributed by atoms with E-state index in [1.807, 2.05) is 17.7 Å². The summed E-state index contributed by atoms with van der Waals surface area (Å²) in [5.74, 6) is 0.0942. The lowest BCUT2D eigenvalue weighted by atomic mass is 10.2. The molecule has 3 heterocycles. The highest BCUT2D eigenvalue weighted by Gasteiger charge is 2.32. The first-order chi connectivity index (χ1) is 8.58. The van der Waals surface area contributed by atoms with Gasteiger partial charge >= 0.3 is 0 Å². The van der Waals surface area contributed by atoms with Crippen molar-refractivity contribution in [3.8, 4) is 0 Å². The molecule has 0 radical (unpaired) electrons. The van der Waals surface area contributed by atoms with Crippen molar-refractivity contribution in [2.24, 2.45) is 0 Å². The van der Waals surface area contributed by atoms with Crippen LogP contribution in [0.3, 0.4) is 0 Å². The van der Waals surface area contributed by atoms with E-state index in [0.29, 0.717) is 4.77 Å². The Balaban J connectivity index is 2.20. The highest BCUT2D eigenvalue weighted by molar-refractivity contribution is 9.10.